The molecule has 0 saturated carbocycles. The molecule has 0 heterocycles. The van der Waals surface area contributed by atoms with Gasteiger partial charge in [-0.1, -0.05) is 17.7 Å². The van der Waals surface area contributed by atoms with Gasteiger partial charge in [-0.2, -0.15) is 0 Å². The molecule has 1 N–H and O–H groups in total. The Morgan fingerprint density at radius 3 is 2.70 bits per heavy atom. The van der Waals surface area contributed by atoms with Crippen LogP contribution >= 0.6 is 11.6 Å². The minimum atomic E-state index is -0.509. The molecule has 0 fully saturated rings. The standard InChI is InChI=1S/C17H17ClF2N2O/c1-11(15-9-13(19)6-7-16(15)20)22(2)10-17(23)21-14-5-3-4-12(18)8-14/h3-9,11H,10H2,1-2H3,(H,21,23). The first-order valence-electron chi connectivity index (χ1n) is 7.07. The van der Waals surface area contributed by atoms with Crippen LogP contribution in [-0.4, -0.2) is 24.4 Å². The minimum absolute atomic E-state index is 0.0314. The first kappa shape index (κ1) is 17.4. The van der Waals surface area contributed by atoms with Gasteiger partial charge in [-0.25, -0.2) is 8.78 Å². The summed E-state index contributed by atoms with van der Waals surface area (Å²) in [7, 11) is 1.67. The summed E-state index contributed by atoms with van der Waals surface area (Å²) in [5.41, 5.74) is 0.795. The van der Waals surface area contributed by atoms with Gasteiger partial charge >= 0.3 is 0 Å². The van der Waals surface area contributed by atoms with Crippen LogP contribution in [0.15, 0.2) is 42.5 Å². The Morgan fingerprint density at radius 2 is 2.00 bits per heavy atom. The minimum Gasteiger partial charge on any atom is -0.325 e. The van der Waals surface area contributed by atoms with Gasteiger partial charge in [0.2, 0.25) is 5.91 Å². The van der Waals surface area contributed by atoms with Crippen LogP contribution in [0.2, 0.25) is 5.02 Å². The van der Waals surface area contributed by atoms with Gasteiger partial charge in [0.1, 0.15) is 11.6 Å². The van der Waals surface area contributed by atoms with Gasteiger partial charge in [0.25, 0.3) is 0 Å². The molecule has 0 saturated heterocycles. The Bertz CT molecular complexity index is 709. The molecular weight excluding hydrogens is 322 g/mol. The van der Waals surface area contributed by atoms with Gasteiger partial charge < -0.3 is 5.32 Å². The Labute approximate surface area is 138 Å². The molecule has 3 nitrogen and oxygen atoms in total. The molecular formula is C17H17ClF2N2O. The first-order valence-corrected chi connectivity index (χ1v) is 7.45. The Balaban J connectivity index is 2.01. The lowest BCUT2D eigenvalue weighted by Gasteiger charge is -2.24. The highest BCUT2D eigenvalue weighted by Gasteiger charge is 2.18. The predicted octanol–water partition coefficient (Wildman–Crippen LogP) is 4.25. The van der Waals surface area contributed by atoms with Crippen LogP contribution in [0.25, 0.3) is 0 Å². The van der Waals surface area contributed by atoms with Crippen LogP contribution in [0.4, 0.5) is 14.5 Å². The van der Waals surface area contributed by atoms with Crippen molar-refractivity contribution in [2.24, 2.45) is 0 Å². The van der Waals surface area contributed by atoms with Crippen molar-refractivity contribution in [3.63, 3.8) is 0 Å². The van der Waals surface area contributed by atoms with Crippen LogP contribution in [-0.2, 0) is 4.79 Å². The quantitative estimate of drug-likeness (QED) is 0.884. The summed E-state index contributed by atoms with van der Waals surface area (Å²) in [6.07, 6.45) is 0. The molecule has 2 rings (SSSR count). The smallest absolute Gasteiger partial charge is 0.238 e. The molecule has 122 valence electrons. The fraction of sp³-hybridized carbons (Fsp3) is 0.235. The van der Waals surface area contributed by atoms with Crippen molar-refractivity contribution in [1.82, 2.24) is 4.90 Å². The maximum Gasteiger partial charge on any atom is 0.238 e. The highest BCUT2D eigenvalue weighted by Crippen LogP contribution is 2.23. The van der Waals surface area contributed by atoms with Crippen molar-refractivity contribution in [2.45, 2.75) is 13.0 Å². The number of hydrogen-bond donors (Lipinski definition) is 1. The highest BCUT2D eigenvalue weighted by molar-refractivity contribution is 6.30. The van der Waals surface area contributed by atoms with Crippen LogP contribution in [0.3, 0.4) is 0 Å². The number of anilines is 1. The summed E-state index contributed by atoms with van der Waals surface area (Å²) in [5.74, 6) is -1.27. The molecule has 2 aromatic carbocycles. The average molecular weight is 339 g/mol. The van der Waals surface area contributed by atoms with Crippen molar-refractivity contribution in [1.29, 1.82) is 0 Å². The number of amides is 1. The topological polar surface area (TPSA) is 32.3 Å². The van der Waals surface area contributed by atoms with Crippen LogP contribution in [0.1, 0.15) is 18.5 Å². The number of carbonyl (C=O) groups is 1. The van der Waals surface area contributed by atoms with E-state index >= 15 is 0 Å². The average Bonchev–Trinajstić information content (AvgIpc) is 2.48. The highest BCUT2D eigenvalue weighted by atomic mass is 35.5. The monoisotopic (exact) mass is 338 g/mol. The Morgan fingerprint density at radius 1 is 1.26 bits per heavy atom. The van der Waals surface area contributed by atoms with Crippen molar-refractivity contribution >= 4 is 23.2 Å². The van der Waals surface area contributed by atoms with Gasteiger partial charge in [0, 0.05) is 22.3 Å². The van der Waals surface area contributed by atoms with E-state index in [0.29, 0.717) is 10.7 Å². The summed E-state index contributed by atoms with van der Waals surface area (Å²) < 4.78 is 27.1. The summed E-state index contributed by atoms with van der Waals surface area (Å²) in [5, 5.41) is 3.23. The normalized spacial score (nSPS) is 12.3. The number of rotatable bonds is 5. The number of nitrogens with one attached hydrogen (secondary N) is 1. The number of halogens is 3. The molecule has 0 radical (unpaired) electrons. The summed E-state index contributed by atoms with van der Waals surface area (Å²) in [4.78, 5) is 13.7. The van der Waals surface area contributed by atoms with E-state index in [9.17, 15) is 13.6 Å². The van der Waals surface area contributed by atoms with E-state index in [-0.39, 0.29) is 18.0 Å². The first-order chi connectivity index (χ1) is 10.9. The second-order valence-electron chi connectivity index (χ2n) is 5.32. The van der Waals surface area contributed by atoms with Gasteiger partial charge in [0.15, 0.2) is 0 Å². The number of nitrogens with zero attached hydrogens (tertiary/aromatic N) is 1. The van der Waals surface area contributed by atoms with Crippen molar-refractivity contribution in [3.05, 3.63) is 64.7 Å². The van der Waals surface area contributed by atoms with E-state index in [0.717, 1.165) is 18.2 Å². The Kier molecular flexibility index (Phi) is 5.69. The predicted molar refractivity (Wildman–Crippen MR) is 87.5 cm³/mol. The van der Waals surface area contributed by atoms with Crippen LogP contribution in [0.5, 0.6) is 0 Å². The third-order valence-electron chi connectivity index (χ3n) is 3.57. The van der Waals surface area contributed by atoms with Gasteiger partial charge in [-0.15, -0.1) is 0 Å². The maximum atomic E-state index is 13.8. The zero-order chi connectivity index (χ0) is 17.0. The molecule has 1 unspecified atom stereocenters. The third-order valence-corrected chi connectivity index (χ3v) is 3.81. The molecule has 0 aliphatic rings. The second kappa shape index (κ2) is 7.53. The molecule has 0 spiro atoms. The zero-order valence-corrected chi connectivity index (χ0v) is 13.6. The lowest BCUT2D eigenvalue weighted by molar-refractivity contribution is -0.117. The van der Waals surface area contributed by atoms with Gasteiger partial charge in [0.05, 0.1) is 6.54 Å². The summed E-state index contributed by atoms with van der Waals surface area (Å²) in [6, 6.07) is 9.64. The van der Waals surface area contributed by atoms with Crippen molar-refractivity contribution in [2.75, 3.05) is 18.9 Å². The van der Waals surface area contributed by atoms with E-state index in [2.05, 4.69) is 5.32 Å². The lowest BCUT2D eigenvalue weighted by atomic mass is 10.1. The zero-order valence-electron chi connectivity index (χ0n) is 12.8. The largest absolute Gasteiger partial charge is 0.325 e. The SMILES string of the molecule is CC(c1cc(F)ccc1F)N(C)CC(=O)Nc1cccc(Cl)c1. The summed E-state index contributed by atoms with van der Waals surface area (Å²) >= 11 is 5.86. The van der Waals surface area contributed by atoms with Crippen LogP contribution in [0, 0.1) is 11.6 Å². The molecule has 0 aliphatic carbocycles. The maximum absolute atomic E-state index is 13.8. The third kappa shape index (κ3) is 4.74. The molecule has 1 amide bonds. The number of benzene rings is 2. The fourth-order valence-corrected chi connectivity index (χ4v) is 2.39. The van der Waals surface area contributed by atoms with E-state index in [1.165, 1.54) is 0 Å². The van der Waals surface area contributed by atoms with Gasteiger partial charge in [-0.3, -0.25) is 9.69 Å². The molecule has 2 aromatic rings. The molecule has 6 heteroatoms. The van der Waals surface area contributed by atoms with E-state index in [4.69, 9.17) is 11.6 Å². The summed E-state index contributed by atoms with van der Waals surface area (Å²) in [6.45, 7) is 1.74. The van der Waals surface area contributed by atoms with Crippen LogP contribution < -0.4 is 5.32 Å². The second-order valence-corrected chi connectivity index (χ2v) is 5.75. The number of likely N-dealkylation sites (N-methyl/N-ethyl adjacent to an activating group) is 1. The van der Waals surface area contributed by atoms with Crippen molar-refractivity contribution in [3.8, 4) is 0 Å². The lowest BCUT2D eigenvalue weighted by Crippen LogP contribution is -2.32. The number of hydrogen-bond acceptors (Lipinski definition) is 2. The van der Waals surface area contributed by atoms with Crippen molar-refractivity contribution < 1.29 is 13.6 Å². The molecule has 0 bridgehead atoms. The fourth-order valence-electron chi connectivity index (χ4n) is 2.20. The number of carbonyl (C=O) groups excluding carboxylic acids is 1. The Hall–Kier alpha value is -1.98. The molecule has 23 heavy (non-hydrogen) atoms. The van der Waals surface area contributed by atoms with E-state index in [1.807, 2.05) is 0 Å². The van der Waals surface area contributed by atoms with E-state index < -0.39 is 17.7 Å². The molecule has 0 aromatic heterocycles. The van der Waals surface area contributed by atoms with Gasteiger partial charge in [-0.05, 0) is 50.4 Å². The molecule has 0 aliphatic heterocycles. The van der Waals surface area contributed by atoms with E-state index in [1.54, 1.807) is 43.1 Å². The molecule has 1 atom stereocenters.